The Kier molecular flexibility index (Phi) is 4.98. The van der Waals surface area contributed by atoms with Crippen molar-refractivity contribution in [3.8, 4) is 11.4 Å². The SMILES string of the molecule is C1=Cc2c(sc3ccc(-n4c5ccccc5c5ccc6c(c7cccnc7n6-c6ccc7sc8ccccc8c7c6)c54)cc23)CC1. The Morgan fingerprint density at radius 2 is 1.33 bits per heavy atom. The highest BCUT2D eigenvalue weighted by Gasteiger charge is 2.22. The molecule has 5 heterocycles. The third-order valence-electron chi connectivity index (χ3n) is 9.81. The van der Waals surface area contributed by atoms with Crippen LogP contribution in [0.4, 0.5) is 0 Å². The van der Waals surface area contributed by atoms with Gasteiger partial charge in [0.05, 0.1) is 16.6 Å². The van der Waals surface area contributed by atoms with E-state index in [0.717, 1.165) is 24.2 Å². The maximum absolute atomic E-state index is 5.02. The summed E-state index contributed by atoms with van der Waals surface area (Å²) in [5.41, 5.74) is 8.33. The van der Waals surface area contributed by atoms with Crippen LogP contribution in [0.1, 0.15) is 16.9 Å². The van der Waals surface area contributed by atoms with E-state index in [1.165, 1.54) is 84.5 Å². The summed E-state index contributed by atoms with van der Waals surface area (Å²) in [5.74, 6) is 0. The topological polar surface area (TPSA) is 22.8 Å². The van der Waals surface area contributed by atoms with Gasteiger partial charge in [0, 0.05) is 74.3 Å². The van der Waals surface area contributed by atoms with Crippen molar-refractivity contribution in [3.63, 3.8) is 0 Å². The molecule has 3 nitrogen and oxygen atoms in total. The van der Waals surface area contributed by atoms with E-state index in [4.69, 9.17) is 4.98 Å². The van der Waals surface area contributed by atoms with E-state index in [1.807, 2.05) is 28.9 Å². The monoisotopic (exact) mass is 623 g/mol. The molecule has 0 aliphatic heterocycles. The van der Waals surface area contributed by atoms with E-state index in [-0.39, 0.29) is 0 Å². The van der Waals surface area contributed by atoms with Crippen molar-refractivity contribution < 1.29 is 0 Å². The summed E-state index contributed by atoms with van der Waals surface area (Å²) in [5, 5.41) is 8.88. The number of aromatic nitrogens is 3. The second-order valence-corrected chi connectivity index (χ2v) is 14.5. The molecule has 216 valence electrons. The van der Waals surface area contributed by atoms with E-state index >= 15 is 0 Å². The van der Waals surface area contributed by atoms with E-state index in [0.29, 0.717) is 0 Å². The maximum atomic E-state index is 5.02. The smallest absolute Gasteiger partial charge is 0.145 e. The van der Waals surface area contributed by atoms with E-state index < -0.39 is 0 Å². The van der Waals surface area contributed by atoms with Gasteiger partial charge < -0.3 is 4.57 Å². The molecule has 0 saturated heterocycles. The number of benzene rings is 5. The minimum Gasteiger partial charge on any atom is -0.309 e. The fraction of sp³-hybridized carbons (Fsp3) is 0.0488. The zero-order chi connectivity index (χ0) is 29.9. The lowest BCUT2D eigenvalue weighted by Crippen LogP contribution is -1.96. The van der Waals surface area contributed by atoms with Gasteiger partial charge in [0.25, 0.3) is 0 Å². The Balaban J connectivity index is 1.27. The predicted octanol–water partition coefficient (Wildman–Crippen LogP) is 11.8. The molecule has 1 aliphatic rings. The van der Waals surface area contributed by atoms with Crippen molar-refractivity contribution in [1.82, 2.24) is 14.1 Å². The van der Waals surface area contributed by atoms with Crippen LogP contribution in [0.25, 0.3) is 91.5 Å². The second kappa shape index (κ2) is 9.16. The summed E-state index contributed by atoms with van der Waals surface area (Å²) in [6.07, 6.45) is 8.84. The summed E-state index contributed by atoms with van der Waals surface area (Å²) in [7, 11) is 0. The van der Waals surface area contributed by atoms with Crippen LogP contribution in [-0.4, -0.2) is 14.1 Å². The van der Waals surface area contributed by atoms with E-state index in [9.17, 15) is 0 Å². The summed E-state index contributed by atoms with van der Waals surface area (Å²) in [4.78, 5) is 6.52. The number of hydrogen-bond donors (Lipinski definition) is 0. The quantitative estimate of drug-likeness (QED) is 0.188. The highest BCUT2D eigenvalue weighted by atomic mass is 32.1. The molecule has 0 N–H and O–H groups in total. The largest absolute Gasteiger partial charge is 0.309 e. The maximum Gasteiger partial charge on any atom is 0.145 e. The van der Waals surface area contributed by atoms with Gasteiger partial charge in [-0.1, -0.05) is 54.6 Å². The molecule has 0 amide bonds. The van der Waals surface area contributed by atoms with Gasteiger partial charge in [0.15, 0.2) is 0 Å². The summed E-state index contributed by atoms with van der Waals surface area (Å²) < 4.78 is 8.85. The predicted molar refractivity (Wildman–Crippen MR) is 199 cm³/mol. The van der Waals surface area contributed by atoms with Crippen LogP contribution in [0.2, 0.25) is 0 Å². The van der Waals surface area contributed by atoms with Gasteiger partial charge in [0.1, 0.15) is 5.65 Å². The average molecular weight is 624 g/mol. The molecule has 0 atom stereocenters. The molecule has 5 aromatic heterocycles. The van der Waals surface area contributed by atoms with Gasteiger partial charge >= 0.3 is 0 Å². The lowest BCUT2D eigenvalue weighted by molar-refractivity contribution is 1.02. The molecule has 0 spiro atoms. The van der Waals surface area contributed by atoms with Gasteiger partial charge in [-0.05, 0) is 85.1 Å². The molecule has 5 heteroatoms. The molecule has 0 saturated carbocycles. The summed E-state index contributed by atoms with van der Waals surface area (Å²) in [6, 6.07) is 40.4. The van der Waals surface area contributed by atoms with Crippen molar-refractivity contribution in [1.29, 1.82) is 0 Å². The zero-order valence-electron chi connectivity index (χ0n) is 24.7. The second-order valence-electron chi connectivity index (χ2n) is 12.3. The molecular weight excluding hydrogens is 599 g/mol. The Morgan fingerprint density at radius 1 is 0.565 bits per heavy atom. The number of rotatable bonds is 2. The van der Waals surface area contributed by atoms with Crippen LogP contribution in [-0.2, 0) is 6.42 Å². The Bertz CT molecular complexity index is 2930. The number of fused-ring (bicyclic) bond motifs is 13. The van der Waals surface area contributed by atoms with Crippen LogP contribution in [0.5, 0.6) is 0 Å². The minimum atomic E-state index is 0.980. The number of hydrogen-bond acceptors (Lipinski definition) is 3. The van der Waals surface area contributed by atoms with Crippen LogP contribution in [0.3, 0.4) is 0 Å². The van der Waals surface area contributed by atoms with Crippen molar-refractivity contribution >= 4 is 103 Å². The zero-order valence-corrected chi connectivity index (χ0v) is 26.3. The van der Waals surface area contributed by atoms with Gasteiger partial charge in [-0.2, -0.15) is 0 Å². The van der Waals surface area contributed by atoms with Gasteiger partial charge in [-0.25, -0.2) is 4.98 Å². The Morgan fingerprint density at radius 3 is 2.26 bits per heavy atom. The molecular formula is C41H25N3S2. The van der Waals surface area contributed by atoms with Gasteiger partial charge in [-0.15, -0.1) is 22.7 Å². The van der Waals surface area contributed by atoms with Crippen LogP contribution < -0.4 is 0 Å². The summed E-state index contributed by atoms with van der Waals surface area (Å²) in [6.45, 7) is 0. The molecule has 46 heavy (non-hydrogen) atoms. The lowest BCUT2D eigenvalue weighted by atomic mass is 10.0. The number of aryl methyl sites for hydroxylation is 1. The molecule has 0 bridgehead atoms. The number of nitrogens with zero attached hydrogens (tertiary/aromatic N) is 3. The first-order valence-electron chi connectivity index (χ1n) is 15.8. The molecule has 5 aromatic carbocycles. The molecule has 0 radical (unpaired) electrons. The normalized spacial score (nSPS) is 13.4. The average Bonchev–Trinajstić information content (AvgIpc) is 3.85. The number of thiophene rings is 2. The first kappa shape index (κ1) is 25.0. The van der Waals surface area contributed by atoms with Crippen molar-refractivity contribution in [2.24, 2.45) is 0 Å². The van der Waals surface area contributed by atoms with Crippen molar-refractivity contribution in [3.05, 3.63) is 132 Å². The van der Waals surface area contributed by atoms with Gasteiger partial charge in [0.2, 0.25) is 0 Å². The van der Waals surface area contributed by atoms with E-state index in [2.05, 4.69) is 130 Å². The molecule has 0 fully saturated rings. The van der Waals surface area contributed by atoms with Crippen LogP contribution >= 0.6 is 22.7 Å². The fourth-order valence-corrected chi connectivity index (χ4v) is 10.1. The lowest BCUT2D eigenvalue weighted by Gasteiger charge is -2.11. The third-order valence-corrected chi connectivity index (χ3v) is 12.2. The number of allylic oxidation sites excluding steroid dienone is 1. The number of para-hydroxylation sites is 1. The first-order chi connectivity index (χ1) is 22.8. The highest BCUT2D eigenvalue weighted by molar-refractivity contribution is 7.25. The van der Waals surface area contributed by atoms with Crippen LogP contribution in [0.15, 0.2) is 121 Å². The third kappa shape index (κ3) is 3.28. The van der Waals surface area contributed by atoms with Crippen molar-refractivity contribution in [2.45, 2.75) is 12.8 Å². The van der Waals surface area contributed by atoms with Gasteiger partial charge in [-0.3, -0.25) is 4.57 Å². The van der Waals surface area contributed by atoms with E-state index in [1.54, 1.807) is 0 Å². The Labute approximate surface area is 271 Å². The minimum absolute atomic E-state index is 0.980. The molecule has 11 rings (SSSR count). The first-order valence-corrected chi connectivity index (χ1v) is 17.4. The van der Waals surface area contributed by atoms with Crippen LogP contribution in [0, 0.1) is 0 Å². The molecule has 1 aliphatic carbocycles. The molecule has 10 aromatic rings. The standard InChI is InChI=1S/C41H25N3S2/c1-4-12-33-26(8-1)29-17-18-34-39(40(29)43(33)24-15-19-37-31(22-24)27-9-2-5-13-35(27)45-37)30-11-7-21-42-41(30)44(34)25-16-20-38-32(23-25)28-10-3-6-14-36(28)46-38/h1-4,6-12,14-23H,5,13H2. The summed E-state index contributed by atoms with van der Waals surface area (Å²) >= 11 is 3.81. The fourth-order valence-electron chi connectivity index (χ4n) is 7.84. The number of pyridine rings is 1. The van der Waals surface area contributed by atoms with Crippen molar-refractivity contribution in [2.75, 3.05) is 0 Å². The molecule has 0 unspecified atom stereocenters. The Hall–Kier alpha value is -5.23. The highest BCUT2D eigenvalue weighted by Crippen LogP contribution is 2.44.